The third-order valence-electron chi connectivity index (χ3n) is 3.45. The number of nitrogens with one attached hydrogen (secondary N) is 3. The third-order valence-corrected chi connectivity index (χ3v) is 4.10. The minimum Gasteiger partial charge on any atom is -0.481 e. The van der Waals surface area contributed by atoms with E-state index in [-0.39, 0.29) is 6.42 Å². The number of rotatable bonds is 14. The Hall–Kier alpha value is -2.87. The van der Waals surface area contributed by atoms with Gasteiger partial charge in [0.2, 0.25) is 17.7 Å². The predicted octanol–water partition coefficient (Wildman–Crippen LogP) is -2.81. The van der Waals surface area contributed by atoms with Gasteiger partial charge in [-0.1, -0.05) is 0 Å². The zero-order valence-corrected chi connectivity index (χ0v) is 16.4. The Morgan fingerprint density at radius 1 is 0.828 bits per heavy atom. The van der Waals surface area contributed by atoms with Crippen LogP contribution in [0.25, 0.3) is 0 Å². The minimum atomic E-state index is -1.72. The summed E-state index contributed by atoms with van der Waals surface area (Å²) < 4.78 is 0. The largest absolute Gasteiger partial charge is 0.481 e. The Morgan fingerprint density at radius 3 is 1.76 bits per heavy atom. The molecule has 0 rings (SSSR count). The van der Waals surface area contributed by atoms with Gasteiger partial charge in [-0.2, -0.15) is 11.8 Å². The standard InChI is InChI=1S/C15H24N4O9S/c1-29-3-2-7(13(25)19-9(15(27)28)5-12(23)24)18-14(26)8(4-11(21)22)17-10(20)6-16/h7-9H,2-6,16H2,1H3,(H,17,20)(H,18,26)(H,19,25)(H,21,22)(H,23,24)(H,27,28). The lowest BCUT2D eigenvalue weighted by molar-refractivity contribution is -0.147. The molecule has 3 amide bonds. The molecule has 14 heteroatoms. The smallest absolute Gasteiger partial charge is 0.326 e. The molecule has 0 saturated carbocycles. The molecule has 0 aliphatic heterocycles. The normalized spacial score (nSPS) is 13.4. The number of carboxylic acid groups (broad SMARTS) is 3. The third kappa shape index (κ3) is 10.9. The second-order valence-electron chi connectivity index (χ2n) is 5.76. The molecule has 0 aromatic rings. The van der Waals surface area contributed by atoms with E-state index < -0.39 is 73.1 Å². The monoisotopic (exact) mass is 436 g/mol. The molecule has 13 nitrogen and oxygen atoms in total. The number of hydrogen-bond donors (Lipinski definition) is 7. The highest BCUT2D eigenvalue weighted by Crippen LogP contribution is 2.04. The van der Waals surface area contributed by atoms with Crippen molar-refractivity contribution in [1.29, 1.82) is 0 Å². The minimum absolute atomic E-state index is 0.0444. The number of carboxylic acids is 3. The molecule has 0 saturated heterocycles. The van der Waals surface area contributed by atoms with Crippen LogP contribution in [-0.2, 0) is 28.8 Å². The lowest BCUT2D eigenvalue weighted by atomic mass is 10.1. The molecule has 0 aromatic carbocycles. The fraction of sp³-hybridized carbons (Fsp3) is 0.600. The molecule has 0 aliphatic carbocycles. The van der Waals surface area contributed by atoms with Gasteiger partial charge in [0.1, 0.15) is 18.1 Å². The Morgan fingerprint density at radius 2 is 1.31 bits per heavy atom. The molecule has 29 heavy (non-hydrogen) atoms. The van der Waals surface area contributed by atoms with Gasteiger partial charge < -0.3 is 37.0 Å². The molecular formula is C15H24N4O9S. The van der Waals surface area contributed by atoms with Crippen molar-refractivity contribution in [2.45, 2.75) is 37.4 Å². The summed E-state index contributed by atoms with van der Waals surface area (Å²) in [7, 11) is 0. The molecule has 8 N–H and O–H groups in total. The number of carbonyl (C=O) groups excluding carboxylic acids is 3. The summed E-state index contributed by atoms with van der Waals surface area (Å²) in [5, 5.41) is 33.1. The molecule has 0 radical (unpaired) electrons. The summed E-state index contributed by atoms with van der Waals surface area (Å²) in [5.41, 5.74) is 5.13. The van der Waals surface area contributed by atoms with Crippen LogP contribution in [0.2, 0.25) is 0 Å². The van der Waals surface area contributed by atoms with Crippen molar-refractivity contribution in [2.75, 3.05) is 18.6 Å². The number of hydrogen-bond acceptors (Lipinski definition) is 8. The van der Waals surface area contributed by atoms with Gasteiger partial charge in [0.05, 0.1) is 19.4 Å². The Balaban J connectivity index is 5.35. The maximum absolute atomic E-state index is 12.4. The van der Waals surface area contributed by atoms with Gasteiger partial charge >= 0.3 is 17.9 Å². The van der Waals surface area contributed by atoms with Crippen LogP contribution in [0.5, 0.6) is 0 Å². The number of nitrogens with two attached hydrogens (primary N) is 1. The van der Waals surface area contributed by atoms with Crippen molar-refractivity contribution in [1.82, 2.24) is 16.0 Å². The number of carbonyl (C=O) groups is 6. The van der Waals surface area contributed by atoms with Crippen LogP contribution in [0.1, 0.15) is 19.3 Å². The Labute approximate surface area is 169 Å². The van der Waals surface area contributed by atoms with E-state index in [1.807, 2.05) is 5.32 Å². The van der Waals surface area contributed by atoms with Crippen molar-refractivity contribution < 1.29 is 44.1 Å². The van der Waals surface area contributed by atoms with Crippen LogP contribution in [0, 0.1) is 0 Å². The van der Waals surface area contributed by atoms with Crippen molar-refractivity contribution in [3.63, 3.8) is 0 Å². The van der Waals surface area contributed by atoms with Crippen LogP contribution in [0.4, 0.5) is 0 Å². The summed E-state index contributed by atoms with van der Waals surface area (Å²) in [5.74, 6) is -6.78. The Kier molecular flexibility index (Phi) is 12.0. The van der Waals surface area contributed by atoms with Crippen LogP contribution in [-0.4, -0.2) is 87.6 Å². The first-order valence-corrected chi connectivity index (χ1v) is 9.66. The van der Waals surface area contributed by atoms with Crippen molar-refractivity contribution >= 4 is 47.4 Å². The second kappa shape index (κ2) is 13.3. The Bertz CT molecular complexity index is 643. The quantitative estimate of drug-likeness (QED) is 0.147. The molecule has 0 fully saturated rings. The highest BCUT2D eigenvalue weighted by molar-refractivity contribution is 7.98. The van der Waals surface area contributed by atoms with Crippen LogP contribution >= 0.6 is 11.8 Å². The van der Waals surface area contributed by atoms with E-state index in [2.05, 4.69) is 10.6 Å². The number of amides is 3. The molecule has 164 valence electrons. The van der Waals surface area contributed by atoms with E-state index in [0.717, 1.165) is 0 Å². The van der Waals surface area contributed by atoms with E-state index in [1.54, 1.807) is 6.26 Å². The van der Waals surface area contributed by atoms with Gasteiger partial charge in [0, 0.05) is 0 Å². The first-order valence-electron chi connectivity index (χ1n) is 8.27. The van der Waals surface area contributed by atoms with Gasteiger partial charge in [0.25, 0.3) is 0 Å². The van der Waals surface area contributed by atoms with Gasteiger partial charge in [-0.3, -0.25) is 24.0 Å². The second-order valence-corrected chi connectivity index (χ2v) is 6.75. The average molecular weight is 436 g/mol. The summed E-state index contributed by atoms with van der Waals surface area (Å²) in [6.07, 6.45) is 0.114. The first-order chi connectivity index (χ1) is 13.5. The maximum Gasteiger partial charge on any atom is 0.326 e. The summed E-state index contributed by atoms with van der Waals surface area (Å²) in [4.78, 5) is 69.0. The zero-order valence-electron chi connectivity index (χ0n) is 15.5. The fourth-order valence-corrected chi connectivity index (χ4v) is 2.53. The average Bonchev–Trinajstić information content (AvgIpc) is 2.62. The molecular weight excluding hydrogens is 412 g/mol. The maximum atomic E-state index is 12.4. The first kappa shape index (κ1) is 26.1. The SMILES string of the molecule is CSCCC(NC(=O)C(CC(=O)O)NC(=O)CN)C(=O)NC(CC(=O)O)C(=O)O. The van der Waals surface area contributed by atoms with Gasteiger partial charge in [-0.15, -0.1) is 0 Å². The number of aliphatic carboxylic acids is 3. The van der Waals surface area contributed by atoms with Gasteiger partial charge in [-0.05, 0) is 18.4 Å². The zero-order chi connectivity index (χ0) is 22.6. The van der Waals surface area contributed by atoms with E-state index in [0.29, 0.717) is 5.75 Å². The summed E-state index contributed by atoms with van der Waals surface area (Å²) >= 11 is 1.32. The van der Waals surface area contributed by atoms with Crippen molar-refractivity contribution in [3.8, 4) is 0 Å². The van der Waals surface area contributed by atoms with E-state index in [9.17, 15) is 28.8 Å². The van der Waals surface area contributed by atoms with Crippen LogP contribution in [0.3, 0.4) is 0 Å². The highest BCUT2D eigenvalue weighted by atomic mass is 32.2. The molecule has 0 heterocycles. The summed E-state index contributed by atoms with van der Waals surface area (Å²) in [6.45, 7) is -0.491. The molecule has 3 atom stereocenters. The van der Waals surface area contributed by atoms with Crippen LogP contribution < -0.4 is 21.7 Å². The van der Waals surface area contributed by atoms with E-state index in [1.165, 1.54) is 11.8 Å². The van der Waals surface area contributed by atoms with E-state index in [4.69, 9.17) is 21.1 Å². The van der Waals surface area contributed by atoms with Crippen molar-refractivity contribution in [2.24, 2.45) is 5.73 Å². The molecule has 0 aliphatic rings. The van der Waals surface area contributed by atoms with E-state index >= 15 is 0 Å². The number of thioether (sulfide) groups is 1. The lowest BCUT2D eigenvalue weighted by Gasteiger charge is -2.23. The molecule has 0 aromatic heterocycles. The van der Waals surface area contributed by atoms with Gasteiger partial charge in [-0.25, -0.2) is 4.79 Å². The molecule has 3 unspecified atom stereocenters. The molecule has 0 spiro atoms. The highest BCUT2D eigenvalue weighted by Gasteiger charge is 2.31. The lowest BCUT2D eigenvalue weighted by Crippen LogP contribution is -2.56. The predicted molar refractivity (Wildman–Crippen MR) is 100.0 cm³/mol. The van der Waals surface area contributed by atoms with Crippen molar-refractivity contribution in [3.05, 3.63) is 0 Å². The summed E-state index contributed by atoms with van der Waals surface area (Å²) in [6, 6.07) is -4.51. The van der Waals surface area contributed by atoms with Crippen LogP contribution in [0.15, 0.2) is 0 Å². The fourth-order valence-electron chi connectivity index (χ4n) is 2.06. The topological polar surface area (TPSA) is 225 Å². The van der Waals surface area contributed by atoms with Gasteiger partial charge in [0.15, 0.2) is 0 Å². The molecule has 0 bridgehead atoms.